The molecule has 0 atom stereocenters. The van der Waals surface area contributed by atoms with Crippen LogP contribution in [0.4, 0.5) is 5.69 Å². The van der Waals surface area contributed by atoms with Crippen molar-refractivity contribution >= 4 is 5.69 Å². The Morgan fingerprint density at radius 2 is 1.25 bits per heavy atom. The number of aliphatic hydroxyl groups is 1. The molecule has 3 N–H and O–H groups in total. The van der Waals surface area contributed by atoms with Gasteiger partial charge in [0.05, 0.1) is 13.2 Å². The van der Waals surface area contributed by atoms with Crippen LogP contribution in [-0.2, 0) is 10.3 Å². The van der Waals surface area contributed by atoms with Gasteiger partial charge in [-0.1, -0.05) is 78.9 Å². The first-order chi connectivity index (χ1) is 11.8. The van der Waals surface area contributed by atoms with Gasteiger partial charge in [0.25, 0.3) is 0 Å². The lowest BCUT2D eigenvalue weighted by molar-refractivity contribution is -0.00598. The molecule has 3 nitrogen and oxygen atoms in total. The molecule has 24 heavy (non-hydrogen) atoms. The second-order valence-corrected chi connectivity index (χ2v) is 5.57. The van der Waals surface area contributed by atoms with Gasteiger partial charge in [0.2, 0.25) is 0 Å². The number of rotatable bonds is 6. The largest absolute Gasteiger partial charge is 0.398 e. The van der Waals surface area contributed by atoms with E-state index in [1.807, 2.05) is 84.9 Å². The molecule has 0 aliphatic carbocycles. The summed E-state index contributed by atoms with van der Waals surface area (Å²) in [5, 5.41) is 9.38. The highest BCUT2D eigenvalue weighted by atomic mass is 16.5. The van der Waals surface area contributed by atoms with Crippen LogP contribution >= 0.6 is 0 Å². The van der Waals surface area contributed by atoms with E-state index in [1.165, 1.54) is 0 Å². The van der Waals surface area contributed by atoms with Crippen molar-refractivity contribution in [3.05, 3.63) is 102 Å². The highest BCUT2D eigenvalue weighted by Crippen LogP contribution is 2.42. The molecular weight excluding hydrogens is 298 g/mol. The van der Waals surface area contributed by atoms with Crippen LogP contribution in [0.1, 0.15) is 16.7 Å². The minimum Gasteiger partial charge on any atom is -0.398 e. The van der Waals surface area contributed by atoms with Gasteiger partial charge in [-0.3, -0.25) is 0 Å². The van der Waals surface area contributed by atoms with E-state index < -0.39 is 5.60 Å². The van der Waals surface area contributed by atoms with Gasteiger partial charge in [-0.25, -0.2) is 0 Å². The lowest BCUT2D eigenvalue weighted by Crippen LogP contribution is -2.34. The Labute approximate surface area is 142 Å². The zero-order chi connectivity index (χ0) is 16.8. The summed E-state index contributed by atoms with van der Waals surface area (Å²) in [4.78, 5) is 0. The van der Waals surface area contributed by atoms with Gasteiger partial charge in [0.1, 0.15) is 5.60 Å². The molecular formula is C21H21NO2. The van der Waals surface area contributed by atoms with E-state index in [0.29, 0.717) is 5.69 Å². The highest BCUT2D eigenvalue weighted by Gasteiger charge is 2.38. The maximum atomic E-state index is 9.38. The molecule has 0 spiro atoms. The number of aliphatic hydroxyl groups excluding tert-OH is 1. The number of ether oxygens (including phenoxy) is 1. The van der Waals surface area contributed by atoms with E-state index in [4.69, 9.17) is 10.5 Å². The average Bonchev–Trinajstić information content (AvgIpc) is 2.65. The number of nitrogens with two attached hydrogens (primary N) is 1. The minimum absolute atomic E-state index is 0.0614. The smallest absolute Gasteiger partial charge is 0.145 e. The van der Waals surface area contributed by atoms with Crippen LogP contribution in [0.25, 0.3) is 0 Å². The molecule has 0 bridgehead atoms. The Kier molecular flexibility index (Phi) is 4.94. The molecule has 3 rings (SSSR count). The van der Waals surface area contributed by atoms with Gasteiger partial charge in [-0.2, -0.15) is 0 Å². The van der Waals surface area contributed by atoms with Crippen molar-refractivity contribution in [3.8, 4) is 0 Å². The van der Waals surface area contributed by atoms with Crippen molar-refractivity contribution < 1.29 is 9.84 Å². The number of anilines is 1. The highest BCUT2D eigenvalue weighted by molar-refractivity contribution is 5.58. The van der Waals surface area contributed by atoms with Gasteiger partial charge in [0, 0.05) is 11.3 Å². The Morgan fingerprint density at radius 3 is 1.75 bits per heavy atom. The predicted molar refractivity (Wildman–Crippen MR) is 96.7 cm³/mol. The van der Waals surface area contributed by atoms with Crippen LogP contribution < -0.4 is 5.73 Å². The summed E-state index contributed by atoms with van der Waals surface area (Å²) in [5.41, 5.74) is 8.92. The van der Waals surface area contributed by atoms with Gasteiger partial charge < -0.3 is 15.6 Å². The summed E-state index contributed by atoms with van der Waals surface area (Å²) in [5.74, 6) is 0. The van der Waals surface area contributed by atoms with Crippen LogP contribution in [0, 0.1) is 0 Å². The molecule has 3 aromatic carbocycles. The van der Waals surface area contributed by atoms with Gasteiger partial charge >= 0.3 is 0 Å². The second-order valence-electron chi connectivity index (χ2n) is 5.57. The van der Waals surface area contributed by atoms with E-state index in [0.717, 1.165) is 16.7 Å². The topological polar surface area (TPSA) is 55.5 Å². The van der Waals surface area contributed by atoms with Crippen LogP contribution in [0.5, 0.6) is 0 Å². The SMILES string of the molecule is Nc1ccccc1C(OCCO)(c1ccccc1)c1ccccc1. The van der Waals surface area contributed by atoms with E-state index in [1.54, 1.807) is 0 Å². The lowest BCUT2D eigenvalue weighted by atomic mass is 9.79. The lowest BCUT2D eigenvalue weighted by Gasteiger charge is -2.36. The molecule has 0 radical (unpaired) electrons. The Hall–Kier alpha value is -2.62. The fourth-order valence-electron chi connectivity index (χ4n) is 3.08. The number of hydrogen-bond acceptors (Lipinski definition) is 3. The molecule has 3 aromatic rings. The van der Waals surface area contributed by atoms with Crippen molar-refractivity contribution in [3.63, 3.8) is 0 Å². The second kappa shape index (κ2) is 7.30. The summed E-state index contributed by atoms with van der Waals surface area (Å²) in [6.45, 7) is 0.145. The van der Waals surface area contributed by atoms with E-state index in [2.05, 4.69) is 0 Å². The fourth-order valence-corrected chi connectivity index (χ4v) is 3.08. The number of hydrogen-bond donors (Lipinski definition) is 2. The third-order valence-electron chi connectivity index (χ3n) is 4.11. The van der Waals surface area contributed by atoms with Gasteiger partial charge in [-0.05, 0) is 17.2 Å². The summed E-state index contributed by atoms with van der Waals surface area (Å²) >= 11 is 0. The first-order valence-electron chi connectivity index (χ1n) is 8.00. The van der Waals surface area contributed by atoms with Gasteiger partial charge in [0.15, 0.2) is 0 Å². The maximum Gasteiger partial charge on any atom is 0.145 e. The normalized spacial score (nSPS) is 11.4. The third kappa shape index (κ3) is 2.92. The van der Waals surface area contributed by atoms with Crippen LogP contribution in [0.3, 0.4) is 0 Å². The minimum atomic E-state index is -0.864. The van der Waals surface area contributed by atoms with E-state index >= 15 is 0 Å². The maximum absolute atomic E-state index is 9.38. The summed E-state index contributed by atoms with van der Waals surface area (Å²) in [6, 6.07) is 27.7. The number of para-hydroxylation sites is 1. The molecule has 0 aliphatic rings. The summed E-state index contributed by atoms with van der Waals surface area (Å²) in [6.07, 6.45) is 0. The predicted octanol–water partition coefficient (Wildman–Crippen LogP) is 3.57. The van der Waals surface area contributed by atoms with Crippen molar-refractivity contribution in [2.75, 3.05) is 18.9 Å². The average molecular weight is 319 g/mol. The fraction of sp³-hybridized carbons (Fsp3) is 0.143. The molecule has 0 fully saturated rings. The van der Waals surface area contributed by atoms with Crippen LogP contribution in [0.2, 0.25) is 0 Å². The summed E-state index contributed by atoms with van der Waals surface area (Å²) in [7, 11) is 0. The van der Waals surface area contributed by atoms with E-state index in [-0.39, 0.29) is 13.2 Å². The van der Waals surface area contributed by atoms with Crippen molar-refractivity contribution in [1.82, 2.24) is 0 Å². The Balaban J connectivity index is 2.31. The molecule has 0 amide bonds. The Bertz CT molecular complexity index is 733. The zero-order valence-corrected chi connectivity index (χ0v) is 13.4. The molecule has 3 heteroatoms. The standard InChI is InChI=1S/C21H21NO2/c22-20-14-8-7-13-19(20)21(24-16-15-23,17-9-3-1-4-10-17)18-11-5-2-6-12-18/h1-14,23H,15-16,22H2. The van der Waals surface area contributed by atoms with Crippen molar-refractivity contribution in [2.45, 2.75) is 5.60 Å². The summed E-state index contributed by atoms with van der Waals surface area (Å²) < 4.78 is 6.29. The first-order valence-corrected chi connectivity index (χ1v) is 8.00. The number of benzene rings is 3. The monoisotopic (exact) mass is 319 g/mol. The molecule has 0 aliphatic heterocycles. The molecule has 0 unspecified atom stereocenters. The Morgan fingerprint density at radius 1 is 0.750 bits per heavy atom. The number of nitrogen functional groups attached to an aromatic ring is 1. The van der Waals surface area contributed by atoms with Crippen molar-refractivity contribution in [2.24, 2.45) is 0 Å². The van der Waals surface area contributed by atoms with E-state index in [9.17, 15) is 5.11 Å². The molecule has 0 saturated carbocycles. The molecule has 0 saturated heterocycles. The zero-order valence-electron chi connectivity index (χ0n) is 13.4. The first kappa shape index (κ1) is 16.2. The van der Waals surface area contributed by atoms with Crippen LogP contribution in [0.15, 0.2) is 84.9 Å². The quantitative estimate of drug-likeness (QED) is 0.539. The molecule has 0 heterocycles. The molecule has 122 valence electrons. The van der Waals surface area contributed by atoms with Gasteiger partial charge in [-0.15, -0.1) is 0 Å². The third-order valence-corrected chi connectivity index (χ3v) is 4.11. The van der Waals surface area contributed by atoms with Crippen LogP contribution in [-0.4, -0.2) is 18.3 Å². The van der Waals surface area contributed by atoms with Crippen molar-refractivity contribution in [1.29, 1.82) is 0 Å². The molecule has 0 aromatic heterocycles.